The van der Waals surface area contributed by atoms with Gasteiger partial charge in [0.2, 0.25) is 11.0 Å². The van der Waals surface area contributed by atoms with E-state index in [4.69, 9.17) is 0 Å². The van der Waals surface area contributed by atoms with Gasteiger partial charge >= 0.3 is 0 Å². The summed E-state index contributed by atoms with van der Waals surface area (Å²) in [6.07, 6.45) is 2.00. The number of para-hydroxylation sites is 1. The minimum Gasteiger partial charge on any atom is -1.00 e. The standard InChI is InChI=1S/C13H9NO.BrH/c15-13-9-10-5-3-4-8-14(10)12-7-2-1-6-11(12)13;/h1-9H;1H. The molecule has 0 aliphatic rings. The fourth-order valence-electron chi connectivity index (χ4n) is 1.91. The van der Waals surface area contributed by atoms with Gasteiger partial charge < -0.3 is 22.1 Å². The minimum absolute atomic E-state index is 0. The number of rotatable bonds is 0. The maximum atomic E-state index is 9.86. The van der Waals surface area contributed by atoms with Gasteiger partial charge in [-0.1, -0.05) is 12.1 Å². The van der Waals surface area contributed by atoms with Gasteiger partial charge in [0, 0.05) is 18.2 Å². The van der Waals surface area contributed by atoms with Gasteiger partial charge in [-0.2, -0.15) is 4.40 Å². The Hall–Kier alpha value is -1.61. The molecule has 16 heavy (non-hydrogen) atoms. The molecule has 80 valence electrons. The number of aromatic hydroxyl groups is 1. The van der Waals surface area contributed by atoms with Gasteiger partial charge in [-0.05, 0) is 12.1 Å². The zero-order chi connectivity index (χ0) is 10.3. The fraction of sp³-hybridized carbons (Fsp3) is 0. The molecular weight excluding hydrogens is 266 g/mol. The van der Waals surface area contributed by atoms with Gasteiger partial charge in [0.25, 0.3) is 0 Å². The highest BCUT2D eigenvalue weighted by molar-refractivity contribution is 5.83. The molecule has 3 rings (SSSR count). The van der Waals surface area contributed by atoms with E-state index in [1.54, 1.807) is 6.07 Å². The predicted octanol–water partition coefficient (Wildman–Crippen LogP) is -0.712. The van der Waals surface area contributed by atoms with Gasteiger partial charge in [0.05, 0.1) is 11.5 Å². The lowest BCUT2D eigenvalue weighted by Gasteiger charge is -1.99. The molecule has 0 aliphatic heterocycles. The number of nitrogens with zero attached hydrogens (tertiary/aromatic N) is 1. The summed E-state index contributed by atoms with van der Waals surface area (Å²) < 4.78 is 2.06. The molecule has 0 aliphatic carbocycles. The first-order valence-corrected chi connectivity index (χ1v) is 4.87. The first-order valence-electron chi connectivity index (χ1n) is 4.87. The lowest BCUT2D eigenvalue weighted by atomic mass is 10.2. The van der Waals surface area contributed by atoms with Crippen LogP contribution in [0.25, 0.3) is 16.4 Å². The molecule has 0 bridgehead atoms. The van der Waals surface area contributed by atoms with Gasteiger partial charge in [-0.15, -0.1) is 0 Å². The lowest BCUT2D eigenvalue weighted by Crippen LogP contribution is -3.00. The van der Waals surface area contributed by atoms with Crippen molar-refractivity contribution >= 4 is 16.4 Å². The first-order chi connectivity index (χ1) is 7.36. The van der Waals surface area contributed by atoms with Crippen molar-refractivity contribution in [2.75, 3.05) is 0 Å². The van der Waals surface area contributed by atoms with Crippen molar-refractivity contribution in [3.05, 3.63) is 54.7 Å². The van der Waals surface area contributed by atoms with Crippen molar-refractivity contribution < 1.29 is 26.5 Å². The predicted molar refractivity (Wildman–Crippen MR) is 58.8 cm³/mol. The van der Waals surface area contributed by atoms with E-state index < -0.39 is 0 Å². The Balaban J connectivity index is 0.000000963. The van der Waals surface area contributed by atoms with E-state index in [0.29, 0.717) is 5.75 Å². The highest BCUT2D eigenvalue weighted by atomic mass is 79.9. The smallest absolute Gasteiger partial charge is 0.222 e. The molecule has 0 unspecified atom stereocenters. The third-order valence-electron chi connectivity index (χ3n) is 2.62. The molecule has 0 spiro atoms. The highest BCUT2D eigenvalue weighted by Gasteiger charge is 2.11. The second-order valence-electron chi connectivity index (χ2n) is 3.54. The molecule has 0 saturated carbocycles. The number of fused-ring (bicyclic) bond motifs is 3. The van der Waals surface area contributed by atoms with Crippen LogP contribution in [0.1, 0.15) is 0 Å². The van der Waals surface area contributed by atoms with Crippen LogP contribution in [0.5, 0.6) is 5.75 Å². The van der Waals surface area contributed by atoms with Crippen LogP contribution >= 0.6 is 0 Å². The number of pyridine rings is 2. The summed E-state index contributed by atoms with van der Waals surface area (Å²) in [6.45, 7) is 0. The molecule has 0 atom stereocenters. The zero-order valence-electron chi connectivity index (χ0n) is 8.47. The number of halogens is 1. The van der Waals surface area contributed by atoms with Crippen molar-refractivity contribution in [3.8, 4) is 5.75 Å². The van der Waals surface area contributed by atoms with Crippen molar-refractivity contribution in [2.45, 2.75) is 0 Å². The van der Waals surface area contributed by atoms with Crippen LogP contribution in [0.4, 0.5) is 0 Å². The molecule has 3 aromatic rings. The van der Waals surface area contributed by atoms with E-state index in [2.05, 4.69) is 4.40 Å². The van der Waals surface area contributed by atoms with E-state index in [-0.39, 0.29) is 17.0 Å². The maximum absolute atomic E-state index is 9.86. The maximum Gasteiger partial charge on any atom is 0.222 e. The molecule has 2 heterocycles. The normalized spacial score (nSPS) is 10.2. The van der Waals surface area contributed by atoms with Crippen molar-refractivity contribution in [3.63, 3.8) is 0 Å². The highest BCUT2D eigenvalue weighted by Crippen LogP contribution is 2.22. The molecule has 1 aromatic carbocycles. The van der Waals surface area contributed by atoms with Crippen molar-refractivity contribution in [2.24, 2.45) is 0 Å². The molecule has 3 heteroatoms. The Morgan fingerprint density at radius 3 is 2.56 bits per heavy atom. The molecule has 0 amide bonds. The topological polar surface area (TPSA) is 24.3 Å². The first kappa shape index (κ1) is 10.9. The SMILES string of the molecule is Oc1cc2cccc[n+]2c2ccccc12.[Br-]. The molecular formula is C13H10BrNO. The Kier molecular flexibility index (Phi) is 2.79. The van der Waals surface area contributed by atoms with Gasteiger partial charge in [0.15, 0.2) is 6.20 Å². The Labute approximate surface area is 104 Å². The second-order valence-corrected chi connectivity index (χ2v) is 3.54. The van der Waals surface area contributed by atoms with Crippen LogP contribution in [0.2, 0.25) is 0 Å². The molecule has 0 fully saturated rings. The largest absolute Gasteiger partial charge is 1.00 e. The summed E-state index contributed by atoms with van der Waals surface area (Å²) in [6, 6.07) is 15.5. The Morgan fingerprint density at radius 2 is 1.69 bits per heavy atom. The lowest BCUT2D eigenvalue weighted by molar-refractivity contribution is -0.481. The summed E-state index contributed by atoms with van der Waals surface area (Å²) in [7, 11) is 0. The van der Waals surface area contributed by atoms with Crippen molar-refractivity contribution in [1.29, 1.82) is 0 Å². The molecule has 2 nitrogen and oxygen atoms in total. The number of benzene rings is 1. The molecule has 0 radical (unpaired) electrons. The van der Waals surface area contributed by atoms with Gasteiger partial charge in [0.1, 0.15) is 5.75 Å². The number of aromatic nitrogens is 1. The summed E-state index contributed by atoms with van der Waals surface area (Å²) in [4.78, 5) is 0. The summed E-state index contributed by atoms with van der Waals surface area (Å²) in [5.41, 5.74) is 2.02. The summed E-state index contributed by atoms with van der Waals surface area (Å²) in [5, 5.41) is 10.7. The van der Waals surface area contributed by atoms with Gasteiger partial charge in [-0.25, -0.2) is 0 Å². The monoisotopic (exact) mass is 275 g/mol. The third kappa shape index (κ3) is 1.53. The van der Waals surface area contributed by atoms with E-state index in [1.165, 1.54) is 0 Å². The Morgan fingerprint density at radius 1 is 0.938 bits per heavy atom. The molecule has 2 aromatic heterocycles. The van der Waals surface area contributed by atoms with Crippen LogP contribution in [-0.4, -0.2) is 5.11 Å². The second kappa shape index (κ2) is 4.10. The van der Waals surface area contributed by atoms with Crippen molar-refractivity contribution in [1.82, 2.24) is 0 Å². The van der Waals surface area contributed by atoms with E-state index >= 15 is 0 Å². The molecule has 1 N–H and O–H groups in total. The number of hydrogen-bond acceptors (Lipinski definition) is 1. The zero-order valence-corrected chi connectivity index (χ0v) is 10.1. The average Bonchev–Trinajstić information content (AvgIpc) is 2.30. The van der Waals surface area contributed by atoms with Crippen LogP contribution in [0.15, 0.2) is 54.7 Å². The van der Waals surface area contributed by atoms with Gasteiger partial charge in [-0.3, -0.25) is 0 Å². The van der Waals surface area contributed by atoms with E-state index in [1.807, 2.05) is 48.7 Å². The van der Waals surface area contributed by atoms with Crippen LogP contribution < -0.4 is 21.4 Å². The third-order valence-corrected chi connectivity index (χ3v) is 2.62. The Bertz CT molecular complexity index is 652. The summed E-state index contributed by atoms with van der Waals surface area (Å²) >= 11 is 0. The van der Waals surface area contributed by atoms with E-state index in [9.17, 15) is 5.11 Å². The van der Waals surface area contributed by atoms with E-state index in [0.717, 1.165) is 16.4 Å². The number of hydrogen-bond donors (Lipinski definition) is 1. The quantitative estimate of drug-likeness (QED) is 0.426. The fourth-order valence-corrected chi connectivity index (χ4v) is 1.91. The molecule has 0 saturated heterocycles. The van der Waals surface area contributed by atoms with Crippen LogP contribution in [-0.2, 0) is 0 Å². The summed E-state index contributed by atoms with van der Waals surface area (Å²) in [5.74, 6) is 0.330. The minimum atomic E-state index is 0. The van der Waals surface area contributed by atoms with Crippen LogP contribution in [0, 0.1) is 0 Å². The van der Waals surface area contributed by atoms with Crippen LogP contribution in [0.3, 0.4) is 0 Å². The average molecular weight is 276 g/mol.